The first-order valence-electron chi connectivity index (χ1n) is 10.6. The summed E-state index contributed by atoms with van der Waals surface area (Å²) in [5.74, 6) is 0. The number of sulfonamides is 1. The number of rotatable bonds is 4. The van der Waals surface area contributed by atoms with Gasteiger partial charge in [-0.15, -0.1) is 0 Å². The van der Waals surface area contributed by atoms with Gasteiger partial charge in [-0.05, 0) is 47.0 Å². The van der Waals surface area contributed by atoms with Crippen molar-refractivity contribution in [1.29, 1.82) is 0 Å². The minimum absolute atomic E-state index is 0.326. The zero-order chi connectivity index (χ0) is 22.3. The van der Waals surface area contributed by atoms with E-state index in [-0.39, 0.29) is 5.63 Å². The molecule has 0 saturated carbocycles. The van der Waals surface area contributed by atoms with Gasteiger partial charge >= 0.3 is 5.63 Å². The van der Waals surface area contributed by atoms with Gasteiger partial charge in [-0.1, -0.05) is 42.5 Å². The first-order valence-corrected chi connectivity index (χ1v) is 12.1. The maximum absolute atomic E-state index is 13.2. The highest BCUT2D eigenvalue weighted by Crippen LogP contribution is 2.24. The second kappa shape index (κ2) is 8.16. The van der Waals surface area contributed by atoms with Crippen LogP contribution in [0.2, 0.25) is 0 Å². The molecule has 32 heavy (non-hydrogen) atoms. The van der Waals surface area contributed by atoms with Gasteiger partial charge in [0.25, 0.3) is 0 Å². The van der Waals surface area contributed by atoms with Gasteiger partial charge in [-0.2, -0.15) is 4.31 Å². The lowest BCUT2D eigenvalue weighted by Crippen LogP contribution is -2.48. The third kappa shape index (κ3) is 3.95. The van der Waals surface area contributed by atoms with Crippen molar-refractivity contribution in [2.45, 2.75) is 18.4 Å². The molecule has 0 aliphatic carbocycles. The molecule has 1 aliphatic rings. The van der Waals surface area contributed by atoms with Gasteiger partial charge < -0.3 is 4.42 Å². The van der Waals surface area contributed by atoms with Crippen molar-refractivity contribution in [3.63, 3.8) is 0 Å². The van der Waals surface area contributed by atoms with Gasteiger partial charge in [0.1, 0.15) is 5.58 Å². The molecule has 0 atom stereocenters. The molecule has 1 aromatic heterocycles. The van der Waals surface area contributed by atoms with Crippen LogP contribution < -0.4 is 5.63 Å². The fourth-order valence-corrected chi connectivity index (χ4v) is 5.77. The predicted octanol–water partition coefficient (Wildman–Crippen LogP) is 3.76. The van der Waals surface area contributed by atoms with E-state index in [1.807, 2.05) is 55.5 Å². The first-order chi connectivity index (χ1) is 15.4. The zero-order valence-electron chi connectivity index (χ0n) is 17.8. The molecule has 6 nitrogen and oxygen atoms in total. The van der Waals surface area contributed by atoms with Gasteiger partial charge in [-0.25, -0.2) is 13.2 Å². The minimum atomic E-state index is -3.55. The fraction of sp³-hybridized carbons (Fsp3) is 0.240. The predicted molar refractivity (Wildman–Crippen MR) is 125 cm³/mol. The van der Waals surface area contributed by atoms with Crippen LogP contribution in [0.5, 0.6) is 0 Å². The first kappa shape index (κ1) is 20.9. The minimum Gasteiger partial charge on any atom is -0.423 e. The molecule has 4 aromatic rings. The Bertz CT molecular complexity index is 1470. The highest BCUT2D eigenvalue weighted by molar-refractivity contribution is 7.89. The molecular weight excluding hydrogens is 424 g/mol. The molecule has 1 saturated heterocycles. The van der Waals surface area contributed by atoms with Crippen molar-refractivity contribution < 1.29 is 12.8 Å². The molecule has 0 radical (unpaired) electrons. The van der Waals surface area contributed by atoms with E-state index in [1.54, 1.807) is 16.4 Å². The normalized spacial score (nSPS) is 16.0. The van der Waals surface area contributed by atoms with Gasteiger partial charge in [0.05, 0.1) is 4.90 Å². The van der Waals surface area contributed by atoms with Crippen molar-refractivity contribution in [2.75, 3.05) is 26.2 Å². The van der Waals surface area contributed by atoms with Crippen LogP contribution >= 0.6 is 0 Å². The van der Waals surface area contributed by atoms with Crippen LogP contribution in [-0.4, -0.2) is 43.8 Å². The lowest BCUT2D eigenvalue weighted by molar-refractivity contribution is 0.182. The van der Waals surface area contributed by atoms with Crippen LogP contribution in [0, 0.1) is 6.92 Å². The summed E-state index contributed by atoms with van der Waals surface area (Å²) in [5, 5.41) is 2.85. The Kier molecular flexibility index (Phi) is 5.33. The van der Waals surface area contributed by atoms with Crippen LogP contribution in [0.15, 0.2) is 80.8 Å². The molecule has 0 unspecified atom stereocenters. The average molecular weight is 449 g/mol. The SMILES string of the molecule is Cc1ccc2c(CN3CCN(S(=O)(=O)c4ccc5ccccc5c4)CC3)cc(=O)oc2c1. The standard InChI is InChI=1S/C25H24N2O4S/c1-18-6-9-23-21(16-25(28)31-24(23)14-18)17-26-10-12-27(13-11-26)32(29,30)22-8-7-19-4-2-3-5-20(19)15-22/h2-9,14-16H,10-13,17H2,1H3. The van der Waals surface area contributed by atoms with Crippen LogP contribution in [0.1, 0.15) is 11.1 Å². The average Bonchev–Trinajstić information content (AvgIpc) is 2.78. The van der Waals surface area contributed by atoms with Crippen LogP contribution in [0.3, 0.4) is 0 Å². The second-order valence-electron chi connectivity index (χ2n) is 8.28. The summed E-state index contributed by atoms with van der Waals surface area (Å²) in [4.78, 5) is 14.5. The summed E-state index contributed by atoms with van der Waals surface area (Å²) in [7, 11) is -3.55. The number of hydrogen-bond donors (Lipinski definition) is 0. The van der Waals surface area contributed by atoms with Crippen LogP contribution in [0.25, 0.3) is 21.7 Å². The molecule has 0 bridgehead atoms. The molecule has 2 heterocycles. The van der Waals surface area contributed by atoms with E-state index >= 15 is 0 Å². The summed E-state index contributed by atoms with van der Waals surface area (Å²) in [5.41, 5.74) is 2.16. The van der Waals surface area contributed by atoms with E-state index in [0.717, 1.165) is 27.3 Å². The number of piperazine rings is 1. The summed E-state index contributed by atoms with van der Waals surface area (Å²) < 4.78 is 33.3. The van der Waals surface area contributed by atoms with E-state index in [9.17, 15) is 13.2 Å². The molecule has 0 amide bonds. The van der Waals surface area contributed by atoms with E-state index in [2.05, 4.69) is 4.90 Å². The maximum atomic E-state index is 13.2. The summed E-state index contributed by atoms with van der Waals surface area (Å²) in [6.45, 7) is 4.55. The van der Waals surface area contributed by atoms with Crippen LogP contribution in [-0.2, 0) is 16.6 Å². The Balaban J connectivity index is 1.33. The monoisotopic (exact) mass is 448 g/mol. The third-order valence-corrected chi connectivity index (χ3v) is 7.96. The topological polar surface area (TPSA) is 70.8 Å². The van der Waals surface area contributed by atoms with Gasteiger partial charge in [0, 0.05) is 44.2 Å². The summed E-state index contributed by atoms with van der Waals surface area (Å²) in [6.07, 6.45) is 0. The number of hydrogen-bond acceptors (Lipinski definition) is 5. The maximum Gasteiger partial charge on any atom is 0.336 e. The summed E-state index contributed by atoms with van der Waals surface area (Å²) >= 11 is 0. The molecule has 164 valence electrons. The Morgan fingerprint density at radius 1 is 0.875 bits per heavy atom. The lowest BCUT2D eigenvalue weighted by atomic mass is 10.1. The van der Waals surface area contributed by atoms with Crippen molar-refractivity contribution >= 4 is 31.8 Å². The molecular formula is C25H24N2O4S. The highest BCUT2D eigenvalue weighted by atomic mass is 32.2. The van der Waals surface area contributed by atoms with Gasteiger partial charge in [-0.3, -0.25) is 4.90 Å². The molecule has 5 rings (SSSR count). The smallest absolute Gasteiger partial charge is 0.336 e. The van der Waals surface area contributed by atoms with Crippen molar-refractivity contribution in [3.05, 3.63) is 88.3 Å². The van der Waals surface area contributed by atoms with E-state index < -0.39 is 10.0 Å². The number of aryl methyl sites for hydroxylation is 1. The Morgan fingerprint density at radius 2 is 1.62 bits per heavy atom. The van der Waals surface area contributed by atoms with Crippen molar-refractivity contribution in [1.82, 2.24) is 9.21 Å². The molecule has 0 spiro atoms. The Labute approximate surface area is 186 Å². The van der Waals surface area contributed by atoms with E-state index in [0.29, 0.717) is 43.2 Å². The Morgan fingerprint density at radius 3 is 2.41 bits per heavy atom. The molecule has 1 aliphatic heterocycles. The van der Waals surface area contributed by atoms with Crippen molar-refractivity contribution in [2.24, 2.45) is 0 Å². The van der Waals surface area contributed by atoms with Crippen LogP contribution in [0.4, 0.5) is 0 Å². The number of benzene rings is 3. The molecule has 3 aromatic carbocycles. The van der Waals surface area contributed by atoms with E-state index in [1.165, 1.54) is 6.07 Å². The third-order valence-electron chi connectivity index (χ3n) is 6.07. The Hall–Kier alpha value is -3.00. The summed E-state index contributed by atoms with van der Waals surface area (Å²) in [6, 6.07) is 20.4. The number of fused-ring (bicyclic) bond motifs is 2. The highest BCUT2D eigenvalue weighted by Gasteiger charge is 2.29. The van der Waals surface area contributed by atoms with Gasteiger partial charge in [0.15, 0.2) is 0 Å². The second-order valence-corrected chi connectivity index (χ2v) is 10.2. The number of nitrogens with zero attached hydrogens (tertiary/aromatic N) is 2. The largest absolute Gasteiger partial charge is 0.423 e. The van der Waals surface area contributed by atoms with Crippen molar-refractivity contribution in [3.8, 4) is 0 Å². The fourth-order valence-electron chi connectivity index (χ4n) is 4.31. The quantitative estimate of drug-likeness (QED) is 0.445. The zero-order valence-corrected chi connectivity index (χ0v) is 18.6. The molecule has 1 fully saturated rings. The molecule has 7 heteroatoms. The van der Waals surface area contributed by atoms with Gasteiger partial charge in [0.2, 0.25) is 10.0 Å². The molecule has 0 N–H and O–H groups in total. The lowest BCUT2D eigenvalue weighted by Gasteiger charge is -2.34. The van der Waals surface area contributed by atoms with E-state index in [4.69, 9.17) is 4.42 Å².